The maximum Gasteiger partial charge on any atom is 0.220 e. The van der Waals surface area contributed by atoms with E-state index in [1.165, 1.54) is 4.88 Å². The molecule has 0 aromatic carbocycles. The number of thiazole rings is 1. The molecule has 0 unspecified atom stereocenters. The summed E-state index contributed by atoms with van der Waals surface area (Å²) in [6.07, 6.45) is 1.58. The van der Waals surface area contributed by atoms with Crippen LogP contribution in [0.15, 0.2) is 0 Å². The number of carbonyl (C=O) groups is 1. The first kappa shape index (κ1) is 14.5. The third kappa shape index (κ3) is 4.01. The first-order valence-corrected chi connectivity index (χ1v) is 7.68. The summed E-state index contributed by atoms with van der Waals surface area (Å²) in [7, 11) is 0. The van der Waals surface area contributed by atoms with E-state index in [0.717, 1.165) is 30.3 Å². The van der Waals surface area contributed by atoms with Gasteiger partial charge in [-0.3, -0.25) is 4.79 Å². The number of nitrogens with zero attached hydrogens (tertiary/aromatic N) is 1. The van der Waals surface area contributed by atoms with Crippen LogP contribution < -0.4 is 5.32 Å². The molecule has 0 spiro atoms. The Morgan fingerprint density at radius 3 is 2.95 bits per heavy atom. The fourth-order valence-electron chi connectivity index (χ4n) is 2.12. The molecule has 1 saturated heterocycles. The fraction of sp³-hybridized carbons (Fsp3) is 0.714. The first-order valence-electron chi connectivity index (χ1n) is 6.87. The van der Waals surface area contributed by atoms with Crippen LogP contribution in [0.1, 0.15) is 48.2 Å². The molecule has 1 aliphatic rings. The number of aryl methyl sites for hydroxylation is 1. The Morgan fingerprint density at radius 1 is 1.58 bits per heavy atom. The standard InChI is InChI=1S/C14H22N2O2S/c1-9(2)14-16-10(3)12(19-14)7-15-13(17)6-11-4-5-18-8-11/h9,11H,4-8H2,1-3H3,(H,15,17)/t11-/m1/s1. The predicted molar refractivity (Wildman–Crippen MR) is 76.3 cm³/mol. The molecule has 2 heterocycles. The maximum absolute atomic E-state index is 11.8. The highest BCUT2D eigenvalue weighted by molar-refractivity contribution is 7.11. The summed E-state index contributed by atoms with van der Waals surface area (Å²) in [6.45, 7) is 8.41. The highest BCUT2D eigenvalue weighted by Gasteiger charge is 2.19. The largest absolute Gasteiger partial charge is 0.381 e. The third-order valence-corrected chi connectivity index (χ3v) is 4.81. The second-order valence-electron chi connectivity index (χ2n) is 5.43. The van der Waals surface area contributed by atoms with Crippen LogP contribution in [0.25, 0.3) is 0 Å². The maximum atomic E-state index is 11.8. The van der Waals surface area contributed by atoms with Crippen molar-refractivity contribution in [2.45, 2.75) is 46.1 Å². The number of amides is 1. The lowest BCUT2D eigenvalue weighted by atomic mass is 10.1. The van der Waals surface area contributed by atoms with E-state index in [0.29, 0.717) is 24.8 Å². The van der Waals surface area contributed by atoms with Crippen molar-refractivity contribution in [1.29, 1.82) is 0 Å². The Hall–Kier alpha value is -0.940. The van der Waals surface area contributed by atoms with E-state index < -0.39 is 0 Å². The zero-order chi connectivity index (χ0) is 13.8. The molecular weight excluding hydrogens is 260 g/mol. The molecule has 0 aliphatic carbocycles. The van der Waals surface area contributed by atoms with Gasteiger partial charge in [0.25, 0.3) is 0 Å². The van der Waals surface area contributed by atoms with Gasteiger partial charge in [-0.1, -0.05) is 13.8 Å². The van der Waals surface area contributed by atoms with Crippen LogP contribution in [0.5, 0.6) is 0 Å². The van der Waals surface area contributed by atoms with Gasteiger partial charge in [-0.05, 0) is 19.3 Å². The third-order valence-electron chi connectivity index (χ3n) is 3.35. The van der Waals surface area contributed by atoms with Crippen molar-refractivity contribution in [1.82, 2.24) is 10.3 Å². The summed E-state index contributed by atoms with van der Waals surface area (Å²) in [5.41, 5.74) is 1.04. The summed E-state index contributed by atoms with van der Waals surface area (Å²) in [4.78, 5) is 17.5. The minimum atomic E-state index is 0.120. The Kier molecular flexibility index (Phi) is 4.93. The Morgan fingerprint density at radius 2 is 2.37 bits per heavy atom. The van der Waals surface area contributed by atoms with E-state index in [-0.39, 0.29) is 5.91 Å². The van der Waals surface area contributed by atoms with E-state index >= 15 is 0 Å². The lowest BCUT2D eigenvalue weighted by molar-refractivity contribution is -0.122. The van der Waals surface area contributed by atoms with Crippen LogP contribution in [0, 0.1) is 12.8 Å². The summed E-state index contributed by atoms with van der Waals surface area (Å²) < 4.78 is 5.28. The number of carbonyl (C=O) groups excluding carboxylic acids is 1. The van der Waals surface area contributed by atoms with Gasteiger partial charge in [0.2, 0.25) is 5.91 Å². The van der Waals surface area contributed by atoms with Crippen LogP contribution in [0.3, 0.4) is 0 Å². The number of hydrogen-bond donors (Lipinski definition) is 1. The Balaban J connectivity index is 1.82. The average Bonchev–Trinajstić information content (AvgIpc) is 2.96. The zero-order valence-corrected chi connectivity index (χ0v) is 12.7. The number of ether oxygens (including phenoxy) is 1. The highest BCUT2D eigenvalue weighted by atomic mass is 32.1. The van der Waals surface area contributed by atoms with Gasteiger partial charge in [0, 0.05) is 30.4 Å². The summed E-state index contributed by atoms with van der Waals surface area (Å²) >= 11 is 1.70. The lowest BCUT2D eigenvalue weighted by Crippen LogP contribution is -2.25. The molecule has 0 radical (unpaired) electrons. The number of hydrogen-bond acceptors (Lipinski definition) is 4. The van der Waals surface area contributed by atoms with Gasteiger partial charge in [-0.2, -0.15) is 0 Å². The highest BCUT2D eigenvalue weighted by Crippen LogP contribution is 2.24. The smallest absolute Gasteiger partial charge is 0.220 e. The van der Waals surface area contributed by atoms with Crippen LogP contribution in [0.2, 0.25) is 0 Å². The van der Waals surface area contributed by atoms with Crippen molar-refractivity contribution in [3.05, 3.63) is 15.6 Å². The van der Waals surface area contributed by atoms with E-state index in [9.17, 15) is 4.79 Å². The van der Waals surface area contributed by atoms with Gasteiger partial charge in [0.05, 0.1) is 17.2 Å². The number of nitrogens with one attached hydrogen (secondary N) is 1. The second-order valence-corrected chi connectivity index (χ2v) is 6.54. The molecule has 19 heavy (non-hydrogen) atoms. The van der Waals surface area contributed by atoms with Gasteiger partial charge in [-0.15, -0.1) is 11.3 Å². The topological polar surface area (TPSA) is 51.2 Å². The molecule has 2 rings (SSSR count). The minimum Gasteiger partial charge on any atom is -0.381 e. The summed E-state index contributed by atoms with van der Waals surface area (Å²) in [6, 6.07) is 0. The zero-order valence-electron chi connectivity index (χ0n) is 11.9. The Labute approximate surface area is 118 Å². The quantitative estimate of drug-likeness (QED) is 0.903. The molecule has 1 aromatic heterocycles. The predicted octanol–water partition coefficient (Wildman–Crippen LogP) is 2.62. The van der Waals surface area contributed by atoms with Crippen molar-refractivity contribution < 1.29 is 9.53 Å². The van der Waals surface area contributed by atoms with Gasteiger partial charge in [0.15, 0.2) is 0 Å². The molecule has 1 amide bonds. The number of rotatable bonds is 5. The lowest BCUT2D eigenvalue weighted by Gasteiger charge is -2.07. The van der Waals surface area contributed by atoms with Crippen LogP contribution >= 0.6 is 11.3 Å². The van der Waals surface area contributed by atoms with Gasteiger partial charge >= 0.3 is 0 Å². The molecule has 1 aromatic rings. The molecule has 5 heteroatoms. The van der Waals surface area contributed by atoms with E-state index in [4.69, 9.17) is 4.74 Å². The van der Waals surface area contributed by atoms with Crippen LogP contribution in [0.4, 0.5) is 0 Å². The SMILES string of the molecule is Cc1nc(C(C)C)sc1CNC(=O)C[C@H]1CCOC1. The molecule has 1 N–H and O–H groups in total. The van der Waals surface area contributed by atoms with Crippen molar-refractivity contribution in [3.63, 3.8) is 0 Å². The van der Waals surface area contributed by atoms with Crippen molar-refractivity contribution in [2.24, 2.45) is 5.92 Å². The normalized spacial score (nSPS) is 19.1. The van der Waals surface area contributed by atoms with E-state index in [1.807, 2.05) is 6.92 Å². The van der Waals surface area contributed by atoms with E-state index in [1.54, 1.807) is 11.3 Å². The average molecular weight is 282 g/mol. The van der Waals surface area contributed by atoms with Crippen molar-refractivity contribution >= 4 is 17.2 Å². The molecule has 1 fully saturated rings. The first-order chi connectivity index (χ1) is 9.06. The van der Waals surface area contributed by atoms with Crippen molar-refractivity contribution in [2.75, 3.05) is 13.2 Å². The van der Waals surface area contributed by atoms with Crippen LogP contribution in [-0.4, -0.2) is 24.1 Å². The number of aromatic nitrogens is 1. The molecule has 1 aliphatic heterocycles. The van der Waals surface area contributed by atoms with Gasteiger partial charge in [-0.25, -0.2) is 4.98 Å². The van der Waals surface area contributed by atoms with Gasteiger partial charge < -0.3 is 10.1 Å². The summed E-state index contributed by atoms with van der Waals surface area (Å²) in [5.74, 6) is 0.965. The molecular formula is C14H22N2O2S. The molecule has 0 bridgehead atoms. The minimum absolute atomic E-state index is 0.120. The monoisotopic (exact) mass is 282 g/mol. The molecule has 1 atom stereocenters. The molecule has 0 saturated carbocycles. The van der Waals surface area contributed by atoms with E-state index in [2.05, 4.69) is 24.1 Å². The second kappa shape index (κ2) is 6.48. The molecule has 106 valence electrons. The van der Waals surface area contributed by atoms with Crippen molar-refractivity contribution in [3.8, 4) is 0 Å². The van der Waals surface area contributed by atoms with Crippen LogP contribution in [-0.2, 0) is 16.1 Å². The summed E-state index contributed by atoms with van der Waals surface area (Å²) in [5, 5.41) is 4.14. The molecule has 4 nitrogen and oxygen atoms in total. The Bertz CT molecular complexity index is 437. The fourth-order valence-corrected chi connectivity index (χ4v) is 3.13. The van der Waals surface area contributed by atoms with Gasteiger partial charge in [0.1, 0.15) is 0 Å².